The Balaban J connectivity index is 1.95. The molecule has 5 nitrogen and oxygen atoms in total. The van der Waals surface area contributed by atoms with Gasteiger partial charge in [0.15, 0.2) is 5.82 Å². The van der Waals surface area contributed by atoms with Crippen LogP contribution in [0.4, 0.5) is 0 Å². The summed E-state index contributed by atoms with van der Waals surface area (Å²) in [7, 11) is 0. The third kappa shape index (κ3) is 3.41. The van der Waals surface area contributed by atoms with Crippen LogP contribution in [0, 0.1) is 6.92 Å². The van der Waals surface area contributed by atoms with Crippen molar-refractivity contribution in [1.82, 2.24) is 15.5 Å². The molecule has 7 heteroatoms. The van der Waals surface area contributed by atoms with Gasteiger partial charge in [0.1, 0.15) is 0 Å². The van der Waals surface area contributed by atoms with E-state index in [1.165, 1.54) is 0 Å². The molecule has 0 spiro atoms. The summed E-state index contributed by atoms with van der Waals surface area (Å²) in [5.41, 5.74) is 0. The van der Waals surface area contributed by atoms with Crippen LogP contribution in [-0.2, 0) is 4.79 Å². The molecule has 18 heavy (non-hydrogen) atoms. The van der Waals surface area contributed by atoms with Crippen LogP contribution in [0.1, 0.15) is 31.1 Å². The van der Waals surface area contributed by atoms with Gasteiger partial charge in [-0.1, -0.05) is 12.1 Å². The molecule has 0 unspecified atom stereocenters. The summed E-state index contributed by atoms with van der Waals surface area (Å²) in [6, 6.07) is -0.150. The Hall–Kier alpha value is -0.690. The molecule has 0 aromatic carbocycles. The molecule has 0 aliphatic carbocycles. The molecule has 2 atom stereocenters. The summed E-state index contributed by atoms with van der Waals surface area (Å²) in [4.78, 5) is 16.3. The van der Waals surface area contributed by atoms with Crippen molar-refractivity contribution in [3.63, 3.8) is 0 Å². The van der Waals surface area contributed by atoms with Crippen molar-refractivity contribution in [1.29, 1.82) is 0 Å². The molecule has 1 aliphatic rings. The van der Waals surface area contributed by atoms with Crippen molar-refractivity contribution in [2.45, 2.75) is 31.6 Å². The molecule has 1 fully saturated rings. The topological polar surface area (TPSA) is 68.0 Å². The van der Waals surface area contributed by atoms with Crippen LogP contribution in [0.15, 0.2) is 4.52 Å². The summed E-state index contributed by atoms with van der Waals surface area (Å²) in [5.74, 6) is 4.24. The summed E-state index contributed by atoms with van der Waals surface area (Å²) >= 11 is 3.56. The van der Waals surface area contributed by atoms with Gasteiger partial charge in [0.2, 0.25) is 11.8 Å². The van der Waals surface area contributed by atoms with E-state index < -0.39 is 0 Å². The van der Waals surface area contributed by atoms with E-state index in [1.54, 1.807) is 18.7 Å². The molecule has 2 heterocycles. The van der Waals surface area contributed by atoms with E-state index in [-0.39, 0.29) is 17.2 Å². The molecule has 1 saturated heterocycles. The van der Waals surface area contributed by atoms with E-state index in [2.05, 4.69) is 15.5 Å². The second kappa shape index (κ2) is 6.47. The van der Waals surface area contributed by atoms with Gasteiger partial charge in [0, 0.05) is 24.2 Å². The first kappa shape index (κ1) is 13.7. The van der Waals surface area contributed by atoms with Crippen LogP contribution in [-0.4, -0.2) is 38.6 Å². The third-order valence-corrected chi connectivity index (χ3v) is 5.44. The fraction of sp³-hybridized carbons (Fsp3) is 0.727. The van der Waals surface area contributed by atoms with Gasteiger partial charge in [0.05, 0.1) is 11.3 Å². The summed E-state index contributed by atoms with van der Waals surface area (Å²) in [6.45, 7) is 3.75. The molecule has 100 valence electrons. The van der Waals surface area contributed by atoms with Gasteiger partial charge >= 0.3 is 0 Å². The minimum Gasteiger partial charge on any atom is -0.345 e. The van der Waals surface area contributed by atoms with Gasteiger partial charge in [-0.25, -0.2) is 0 Å². The lowest BCUT2D eigenvalue weighted by Crippen LogP contribution is -2.38. The van der Waals surface area contributed by atoms with Gasteiger partial charge in [0.25, 0.3) is 0 Å². The lowest BCUT2D eigenvalue weighted by atomic mass is 10.2. The zero-order valence-corrected chi connectivity index (χ0v) is 12.1. The first-order valence-corrected chi connectivity index (χ1v) is 8.21. The Kier molecular flexibility index (Phi) is 4.94. The molecule has 0 radical (unpaired) electrons. The van der Waals surface area contributed by atoms with Crippen LogP contribution in [0.2, 0.25) is 0 Å². The average Bonchev–Trinajstić information content (AvgIpc) is 2.83. The number of hydrogen-bond acceptors (Lipinski definition) is 6. The Morgan fingerprint density at radius 2 is 2.44 bits per heavy atom. The molecule has 1 aliphatic heterocycles. The van der Waals surface area contributed by atoms with E-state index >= 15 is 0 Å². The highest BCUT2D eigenvalue weighted by Crippen LogP contribution is 2.25. The lowest BCUT2D eigenvalue weighted by Gasteiger charge is -2.22. The van der Waals surface area contributed by atoms with E-state index in [0.29, 0.717) is 11.7 Å². The minimum absolute atomic E-state index is 0.0470. The number of aromatic nitrogens is 2. The molecular weight excluding hydrogens is 270 g/mol. The number of aryl methyl sites for hydroxylation is 1. The Morgan fingerprint density at radius 1 is 1.61 bits per heavy atom. The van der Waals surface area contributed by atoms with Crippen molar-refractivity contribution in [2.24, 2.45) is 0 Å². The summed E-state index contributed by atoms with van der Waals surface area (Å²) in [5, 5.41) is 6.93. The first-order chi connectivity index (χ1) is 8.70. The maximum Gasteiger partial charge on any atom is 0.234 e. The smallest absolute Gasteiger partial charge is 0.234 e. The molecule has 1 aromatic heterocycles. The number of thioether (sulfide) groups is 2. The number of hydrogen-bond donors (Lipinski definition) is 1. The van der Waals surface area contributed by atoms with E-state index in [0.717, 1.165) is 23.7 Å². The van der Waals surface area contributed by atoms with Gasteiger partial charge in [-0.05, 0) is 6.42 Å². The van der Waals surface area contributed by atoms with Crippen molar-refractivity contribution in [2.75, 3.05) is 17.3 Å². The fourth-order valence-electron chi connectivity index (χ4n) is 1.71. The van der Waals surface area contributed by atoms with Gasteiger partial charge in [-0.3, -0.25) is 4.79 Å². The second-order valence-electron chi connectivity index (χ2n) is 4.08. The molecule has 0 bridgehead atoms. The quantitative estimate of drug-likeness (QED) is 0.910. The van der Waals surface area contributed by atoms with Gasteiger partial charge in [-0.2, -0.15) is 16.7 Å². The van der Waals surface area contributed by atoms with Crippen LogP contribution in [0.25, 0.3) is 0 Å². The first-order valence-electron chi connectivity index (χ1n) is 6.00. The molecule has 2 rings (SSSR count). The normalized spacial score (nSPS) is 21.6. The van der Waals surface area contributed by atoms with Crippen molar-refractivity contribution < 1.29 is 9.32 Å². The number of carbonyl (C=O) groups is 1. The SMILES string of the molecule is CC[C@@H](NC(=O)[C@H]1CSCCS1)c1noc(C)n1. The van der Waals surface area contributed by atoms with Crippen LogP contribution >= 0.6 is 23.5 Å². The Bertz CT molecular complexity index is 405. The molecular formula is C11H17N3O2S2. The predicted octanol–water partition coefficient (Wildman–Crippen LogP) is 1.79. The van der Waals surface area contributed by atoms with Crippen LogP contribution in [0.5, 0.6) is 0 Å². The monoisotopic (exact) mass is 287 g/mol. The molecule has 1 amide bonds. The molecule has 0 saturated carbocycles. The van der Waals surface area contributed by atoms with Gasteiger partial charge in [-0.15, -0.1) is 11.8 Å². The van der Waals surface area contributed by atoms with E-state index in [4.69, 9.17) is 4.52 Å². The highest BCUT2D eigenvalue weighted by molar-refractivity contribution is 8.07. The van der Waals surface area contributed by atoms with E-state index in [9.17, 15) is 4.79 Å². The van der Waals surface area contributed by atoms with Crippen molar-refractivity contribution in [3.05, 3.63) is 11.7 Å². The van der Waals surface area contributed by atoms with Crippen molar-refractivity contribution >= 4 is 29.4 Å². The predicted molar refractivity (Wildman–Crippen MR) is 73.8 cm³/mol. The average molecular weight is 287 g/mol. The zero-order chi connectivity index (χ0) is 13.0. The van der Waals surface area contributed by atoms with E-state index in [1.807, 2.05) is 18.7 Å². The summed E-state index contributed by atoms with van der Waals surface area (Å²) < 4.78 is 4.95. The number of amides is 1. The van der Waals surface area contributed by atoms with Crippen LogP contribution in [0.3, 0.4) is 0 Å². The minimum atomic E-state index is -0.150. The standard InChI is InChI=1S/C11H17N3O2S2/c1-3-8(10-12-7(2)16-14-10)13-11(15)9-6-17-4-5-18-9/h8-9H,3-6H2,1-2H3,(H,13,15)/t8-,9-/m1/s1. The maximum atomic E-state index is 12.1. The number of rotatable bonds is 4. The lowest BCUT2D eigenvalue weighted by molar-refractivity contribution is -0.121. The van der Waals surface area contributed by atoms with Gasteiger partial charge < -0.3 is 9.84 Å². The molecule has 1 N–H and O–H groups in total. The fourth-order valence-corrected chi connectivity index (χ4v) is 4.28. The highest BCUT2D eigenvalue weighted by Gasteiger charge is 2.25. The largest absolute Gasteiger partial charge is 0.345 e. The second-order valence-corrected chi connectivity index (χ2v) is 6.54. The zero-order valence-electron chi connectivity index (χ0n) is 10.5. The Morgan fingerprint density at radius 3 is 3.00 bits per heavy atom. The summed E-state index contributed by atoms with van der Waals surface area (Å²) in [6.07, 6.45) is 0.759. The number of carbonyl (C=O) groups excluding carboxylic acids is 1. The number of nitrogens with zero attached hydrogens (tertiary/aromatic N) is 2. The highest BCUT2D eigenvalue weighted by atomic mass is 32.2. The maximum absolute atomic E-state index is 12.1. The molecule has 1 aromatic rings. The van der Waals surface area contributed by atoms with Crippen molar-refractivity contribution in [3.8, 4) is 0 Å². The third-order valence-electron chi connectivity index (χ3n) is 2.69. The van der Waals surface area contributed by atoms with Crippen LogP contribution < -0.4 is 5.32 Å². The number of nitrogens with one attached hydrogen (secondary N) is 1. The Labute approximate surface area is 115 Å².